The highest BCUT2D eigenvalue weighted by atomic mass is 16.5. The smallest absolute Gasteiger partial charge is 0.319 e. The number of hydrogen-bond donors (Lipinski definition) is 2. The van der Waals surface area contributed by atoms with Crippen LogP contribution in [0.15, 0.2) is 24.3 Å². The number of urea groups is 1. The van der Waals surface area contributed by atoms with Crippen LogP contribution in [0.2, 0.25) is 0 Å². The van der Waals surface area contributed by atoms with Gasteiger partial charge < -0.3 is 15.4 Å². The highest BCUT2D eigenvalue weighted by molar-refractivity contribution is 5.90. The summed E-state index contributed by atoms with van der Waals surface area (Å²) in [6.07, 6.45) is 0.815. The Kier molecular flexibility index (Phi) is 6.22. The number of ether oxygens (including phenoxy) is 1. The van der Waals surface area contributed by atoms with Gasteiger partial charge in [0.25, 0.3) is 0 Å². The van der Waals surface area contributed by atoms with Crippen molar-refractivity contribution in [1.82, 2.24) is 5.32 Å². The third kappa shape index (κ3) is 4.75. The lowest BCUT2D eigenvalue weighted by atomic mass is 10.0. The molecule has 0 spiro atoms. The number of para-hydroxylation sites is 1. The van der Waals surface area contributed by atoms with Crippen molar-refractivity contribution in [3.8, 4) is 0 Å². The van der Waals surface area contributed by atoms with Gasteiger partial charge >= 0.3 is 6.03 Å². The van der Waals surface area contributed by atoms with E-state index in [4.69, 9.17) is 4.74 Å². The Labute approximate surface area is 109 Å². The number of carbonyl (C=O) groups is 1. The molecule has 0 radical (unpaired) electrons. The molecule has 4 heteroatoms. The topological polar surface area (TPSA) is 50.4 Å². The molecular formula is C14H22N2O2. The summed E-state index contributed by atoms with van der Waals surface area (Å²) < 4.78 is 4.92. The van der Waals surface area contributed by atoms with E-state index in [-0.39, 0.29) is 6.03 Å². The SMILES string of the molecule is COCCCNC(=O)Nc1ccccc1C(C)C. The molecule has 0 aliphatic heterocycles. The Balaban J connectivity index is 2.49. The van der Waals surface area contributed by atoms with E-state index in [0.717, 1.165) is 17.7 Å². The molecule has 4 nitrogen and oxygen atoms in total. The fraction of sp³-hybridized carbons (Fsp3) is 0.500. The molecule has 0 heterocycles. The molecule has 18 heavy (non-hydrogen) atoms. The van der Waals surface area contributed by atoms with Crippen molar-refractivity contribution in [3.05, 3.63) is 29.8 Å². The van der Waals surface area contributed by atoms with Gasteiger partial charge in [0.05, 0.1) is 0 Å². The molecule has 0 unspecified atom stereocenters. The van der Waals surface area contributed by atoms with Crippen molar-refractivity contribution in [3.63, 3.8) is 0 Å². The van der Waals surface area contributed by atoms with Gasteiger partial charge in [-0.15, -0.1) is 0 Å². The van der Waals surface area contributed by atoms with E-state index in [1.807, 2.05) is 24.3 Å². The third-order valence-corrected chi connectivity index (χ3v) is 2.64. The lowest BCUT2D eigenvalue weighted by Gasteiger charge is -2.14. The third-order valence-electron chi connectivity index (χ3n) is 2.64. The first-order chi connectivity index (χ1) is 8.65. The number of anilines is 1. The van der Waals surface area contributed by atoms with Crippen LogP contribution in [-0.2, 0) is 4.74 Å². The molecular weight excluding hydrogens is 228 g/mol. The van der Waals surface area contributed by atoms with Crippen molar-refractivity contribution < 1.29 is 9.53 Å². The fourth-order valence-electron chi connectivity index (χ4n) is 1.70. The maximum Gasteiger partial charge on any atom is 0.319 e. The zero-order chi connectivity index (χ0) is 13.4. The number of nitrogens with one attached hydrogen (secondary N) is 2. The predicted molar refractivity (Wildman–Crippen MR) is 74.0 cm³/mol. The van der Waals surface area contributed by atoms with E-state index in [1.54, 1.807) is 7.11 Å². The summed E-state index contributed by atoms with van der Waals surface area (Å²) in [6, 6.07) is 7.69. The minimum Gasteiger partial charge on any atom is -0.385 e. The summed E-state index contributed by atoms with van der Waals surface area (Å²) in [7, 11) is 1.65. The summed E-state index contributed by atoms with van der Waals surface area (Å²) >= 11 is 0. The highest BCUT2D eigenvalue weighted by Crippen LogP contribution is 2.23. The first kappa shape index (κ1) is 14.5. The van der Waals surface area contributed by atoms with Crippen LogP contribution in [0.3, 0.4) is 0 Å². The van der Waals surface area contributed by atoms with Crippen molar-refractivity contribution in [2.45, 2.75) is 26.2 Å². The zero-order valence-corrected chi connectivity index (χ0v) is 11.3. The van der Waals surface area contributed by atoms with Crippen LogP contribution in [0.4, 0.5) is 10.5 Å². The lowest BCUT2D eigenvalue weighted by Crippen LogP contribution is -2.30. The van der Waals surface area contributed by atoms with E-state index < -0.39 is 0 Å². The van der Waals surface area contributed by atoms with E-state index in [0.29, 0.717) is 19.1 Å². The quantitative estimate of drug-likeness (QED) is 0.763. The Hall–Kier alpha value is -1.55. The first-order valence-electron chi connectivity index (χ1n) is 6.28. The molecule has 100 valence electrons. The average Bonchev–Trinajstić information content (AvgIpc) is 2.35. The van der Waals surface area contributed by atoms with Gasteiger partial charge in [0.2, 0.25) is 0 Å². The van der Waals surface area contributed by atoms with E-state index in [9.17, 15) is 4.79 Å². The van der Waals surface area contributed by atoms with Gasteiger partial charge in [0.1, 0.15) is 0 Å². The molecule has 0 fully saturated rings. The standard InChI is InChI=1S/C14H22N2O2/c1-11(2)12-7-4-5-8-13(12)16-14(17)15-9-6-10-18-3/h4-5,7-8,11H,6,9-10H2,1-3H3,(H2,15,16,17). The number of amides is 2. The maximum absolute atomic E-state index is 11.7. The van der Waals surface area contributed by atoms with Gasteiger partial charge in [-0.2, -0.15) is 0 Å². The zero-order valence-electron chi connectivity index (χ0n) is 11.3. The van der Waals surface area contributed by atoms with E-state index in [1.165, 1.54) is 0 Å². The van der Waals surface area contributed by atoms with E-state index >= 15 is 0 Å². The number of carbonyl (C=O) groups excluding carboxylic acids is 1. The predicted octanol–water partition coefficient (Wildman–Crippen LogP) is 2.97. The van der Waals surface area contributed by atoms with Gasteiger partial charge in [-0.05, 0) is 24.0 Å². The van der Waals surface area contributed by atoms with Crippen LogP contribution in [0, 0.1) is 0 Å². The molecule has 1 aromatic carbocycles. The van der Waals surface area contributed by atoms with Crippen LogP contribution in [0.5, 0.6) is 0 Å². The minimum atomic E-state index is -0.167. The normalized spacial score (nSPS) is 10.4. The van der Waals surface area contributed by atoms with Crippen molar-refractivity contribution in [2.75, 3.05) is 25.6 Å². The van der Waals surface area contributed by atoms with Gasteiger partial charge in [0.15, 0.2) is 0 Å². The second kappa shape index (κ2) is 7.71. The van der Waals surface area contributed by atoms with Crippen LogP contribution >= 0.6 is 0 Å². The molecule has 0 aliphatic rings. The van der Waals surface area contributed by atoms with Gasteiger partial charge in [-0.3, -0.25) is 0 Å². The minimum absolute atomic E-state index is 0.167. The Morgan fingerprint density at radius 1 is 1.33 bits per heavy atom. The van der Waals surface area contributed by atoms with Gasteiger partial charge in [-0.25, -0.2) is 4.79 Å². The molecule has 1 rings (SSSR count). The van der Waals surface area contributed by atoms with E-state index in [2.05, 4.69) is 24.5 Å². The second-order valence-corrected chi connectivity index (χ2v) is 4.47. The molecule has 0 saturated heterocycles. The van der Waals surface area contributed by atoms with Crippen LogP contribution in [0.1, 0.15) is 31.7 Å². The van der Waals surface area contributed by atoms with Gasteiger partial charge in [-0.1, -0.05) is 32.0 Å². The summed E-state index contributed by atoms with van der Waals surface area (Å²) in [5, 5.41) is 5.68. The van der Waals surface area contributed by atoms with Crippen LogP contribution in [0.25, 0.3) is 0 Å². The van der Waals surface area contributed by atoms with Crippen molar-refractivity contribution in [1.29, 1.82) is 0 Å². The Morgan fingerprint density at radius 3 is 2.72 bits per heavy atom. The summed E-state index contributed by atoms with van der Waals surface area (Å²) in [6.45, 7) is 5.49. The summed E-state index contributed by atoms with van der Waals surface area (Å²) in [4.78, 5) is 11.7. The summed E-state index contributed by atoms with van der Waals surface area (Å²) in [5.41, 5.74) is 2.02. The Morgan fingerprint density at radius 2 is 2.06 bits per heavy atom. The fourth-order valence-corrected chi connectivity index (χ4v) is 1.70. The maximum atomic E-state index is 11.7. The second-order valence-electron chi connectivity index (χ2n) is 4.47. The first-order valence-corrected chi connectivity index (χ1v) is 6.28. The monoisotopic (exact) mass is 250 g/mol. The summed E-state index contributed by atoms with van der Waals surface area (Å²) in [5.74, 6) is 0.384. The molecule has 2 amide bonds. The van der Waals surface area contributed by atoms with Crippen molar-refractivity contribution in [2.24, 2.45) is 0 Å². The molecule has 0 saturated carbocycles. The molecule has 2 N–H and O–H groups in total. The Bertz CT molecular complexity index is 378. The van der Waals surface area contributed by atoms with Gasteiger partial charge in [0, 0.05) is 25.9 Å². The van der Waals surface area contributed by atoms with Crippen LogP contribution < -0.4 is 10.6 Å². The molecule has 1 aromatic rings. The molecule has 0 atom stereocenters. The number of methoxy groups -OCH3 is 1. The molecule has 0 aromatic heterocycles. The van der Waals surface area contributed by atoms with Crippen LogP contribution in [-0.4, -0.2) is 26.3 Å². The number of benzene rings is 1. The average molecular weight is 250 g/mol. The molecule has 0 aliphatic carbocycles. The molecule has 0 bridgehead atoms. The largest absolute Gasteiger partial charge is 0.385 e. The number of rotatable bonds is 6. The lowest BCUT2D eigenvalue weighted by molar-refractivity contribution is 0.194. The number of hydrogen-bond acceptors (Lipinski definition) is 2. The van der Waals surface area contributed by atoms with Crippen molar-refractivity contribution >= 4 is 11.7 Å². The highest BCUT2D eigenvalue weighted by Gasteiger charge is 2.08.